The van der Waals surface area contributed by atoms with Gasteiger partial charge in [-0.05, 0) is 48.5 Å². The van der Waals surface area contributed by atoms with Gasteiger partial charge in [-0.15, -0.1) is 0 Å². The summed E-state index contributed by atoms with van der Waals surface area (Å²) in [4.78, 5) is 7.56. The number of hydrogen-bond donors (Lipinski definition) is 3. The molecule has 27 heavy (non-hydrogen) atoms. The molecule has 6 heteroatoms. The highest BCUT2D eigenvalue weighted by Gasteiger charge is 2.18. The zero-order valence-electron chi connectivity index (χ0n) is 13.9. The van der Waals surface area contributed by atoms with Crippen molar-refractivity contribution in [3.8, 4) is 45.4 Å². The maximum absolute atomic E-state index is 14.2. The first kappa shape index (κ1) is 16.8. The predicted octanol–water partition coefficient (Wildman–Crippen LogP) is 5.10. The molecule has 0 radical (unpaired) electrons. The summed E-state index contributed by atoms with van der Waals surface area (Å²) in [6.07, 6.45) is 0. The maximum atomic E-state index is 14.2. The summed E-state index contributed by atoms with van der Waals surface area (Å²) in [5, 5.41) is 19.3. The minimum atomic E-state index is -0.733. The number of phenols is 2. The maximum Gasteiger partial charge on any atom is 0.141 e. The van der Waals surface area contributed by atoms with Gasteiger partial charge in [0.15, 0.2) is 0 Å². The molecule has 0 bridgehead atoms. The van der Waals surface area contributed by atoms with Crippen LogP contribution in [0.2, 0.25) is 0 Å². The fraction of sp³-hybridized carbons (Fsp3) is 0. The van der Waals surface area contributed by atoms with E-state index in [9.17, 15) is 19.0 Å². The molecular weight excluding hydrogens is 350 g/mol. The number of nitrogens with one attached hydrogen (secondary N) is 1. The van der Waals surface area contributed by atoms with Crippen LogP contribution in [-0.4, -0.2) is 20.2 Å². The number of H-pyrrole nitrogens is 1. The Morgan fingerprint density at radius 2 is 1.56 bits per heavy atom. The number of rotatable bonds is 3. The van der Waals surface area contributed by atoms with Crippen molar-refractivity contribution < 1.29 is 19.0 Å². The minimum Gasteiger partial charge on any atom is -0.508 e. The van der Waals surface area contributed by atoms with Crippen LogP contribution in [0.3, 0.4) is 0 Å². The van der Waals surface area contributed by atoms with Gasteiger partial charge >= 0.3 is 0 Å². The second-order valence-electron chi connectivity index (χ2n) is 6.03. The van der Waals surface area contributed by atoms with Gasteiger partial charge in [0.2, 0.25) is 0 Å². The first-order valence-electron chi connectivity index (χ1n) is 8.15. The van der Waals surface area contributed by atoms with Gasteiger partial charge in [-0.2, -0.15) is 0 Å². The Kier molecular flexibility index (Phi) is 4.08. The number of imidazole rings is 1. The fourth-order valence-electron chi connectivity index (χ4n) is 2.88. The van der Waals surface area contributed by atoms with Crippen molar-refractivity contribution in [1.29, 1.82) is 0 Å². The van der Waals surface area contributed by atoms with E-state index < -0.39 is 11.6 Å². The van der Waals surface area contributed by atoms with Crippen LogP contribution in [0.4, 0.5) is 8.78 Å². The van der Waals surface area contributed by atoms with E-state index in [1.807, 2.05) is 0 Å². The van der Waals surface area contributed by atoms with Crippen LogP contribution in [0.25, 0.3) is 33.9 Å². The number of nitrogens with zero attached hydrogens (tertiary/aromatic N) is 1. The van der Waals surface area contributed by atoms with Crippen LogP contribution in [-0.2, 0) is 0 Å². The van der Waals surface area contributed by atoms with Gasteiger partial charge < -0.3 is 15.2 Å². The van der Waals surface area contributed by atoms with Crippen molar-refractivity contribution in [2.75, 3.05) is 0 Å². The number of benzene rings is 3. The molecule has 1 heterocycles. The first-order valence-corrected chi connectivity index (χ1v) is 8.15. The van der Waals surface area contributed by atoms with E-state index in [1.165, 1.54) is 24.3 Å². The molecule has 0 aliphatic rings. The molecule has 1 aromatic heterocycles. The normalized spacial score (nSPS) is 10.9. The van der Waals surface area contributed by atoms with E-state index in [1.54, 1.807) is 30.3 Å². The number of aromatic hydroxyl groups is 2. The zero-order valence-corrected chi connectivity index (χ0v) is 13.9. The van der Waals surface area contributed by atoms with E-state index in [2.05, 4.69) is 9.97 Å². The zero-order chi connectivity index (χ0) is 19.0. The lowest BCUT2D eigenvalue weighted by atomic mass is 10.0. The molecule has 0 amide bonds. The molecule has 0 saturated heterocycles. The smallest absolute Gasteiger partial charge is 0.141 e. The van der Waals surface area contributed by atoms with Gasteiger partial charge in [-0.25, -0.2) is 13.8 Å². The lowest BCUT2D eigenvalue weighted by Gasteiger charge is -2.04. The average Bonchev–Trinajstić information content (AvgIpc) is 3.07. The van der Waals surface area contributed by atoms with E-state index >= 15 is 0 Å². The van der Waals surface area contributed by atoms with Crippen molar-refractivity contribution >= 4 is 0 Å². The average molecular weight is 364 g/mol. The van der Waals surface area contributed by atoms with Gasteiger partial charge in [0, 0.05) is 17.2 Å². The number of phenolic OH excluding ortho intramolecular Hbond substituents is 2. The largest absolute Gasteiger partial charge is 0.508 e. The van der Waals surface area contributed by atoms with Crippen LogP contribution in [0.5, 0.6) is 11.5 Å². The molecule has 0 aliphatic carbocycles. The van der Waals surface area contributed by atoms with Crippen LogP contribution in [0, 0.1) is 11.6 Å². The summed E-state index contributed by atoms with van der Waals surface area (Å²) in [5.41, 5.74) is 2.55. The number of halogens is 2. The molecule has 3 aromatic carbocycles. The molecule has 134 valence electrons. The Balaban J connectivity index is 1.93. The van der Waals surface area contributed by atoms with Crippen LogP contribution < -0.4 is 0 Å². The number of aromatic nitrogens is 2. The van der Waals surface area contributed by atoms with Crippen molar-refractivity contribution in [3.05, 3.63) is 78.4 Å². The molecule has 0 atom stereocenters. The third-order valence-electron chi connectivity index (χ3n) is 4.17. The highest BCUT2D eigenvalue weighted by atomic mass is 19.1. The second-order valence-corrected chi connectivity index (χ2v) is 6.03. The molecule has 0 saturated carbocycles. The molecule has 0 fully saturated rings. The van der Waals surface area contributed by atoms with Gasteiger partial charge in [-0.3, -0.25) is 0 Å². The van der Waals surface area contributed by atoms with E-state index in [0.717, 1.165) is 12.1 Å². The Morgan fingerprint density at radius 3 is 2.26 bits per heavy atom. The van der Waals surface area contributed by atoms with Crippen LogP contribution >= 0.6 is 0 Å². The van der Waals surface area contributed by atoms with E-state index in [-0.39, 0.29) is 22.9 Å². The molecule has 0 aliphatic heterocycles. The SMILES string of the molecule is Oc1ccc(-c2[nH]c(-c3ccc(F)cc3F)nc2-c2cccc(O)c2)cc1. The third kappa shape index (κ3) is 3.25. The molecule has 0 unspecified atom stereocenters. The molecule has 0 spiro atoms. The van der Waals surface area contributed by atoms with E-state index in [4.69, 9.17) is 0 Å². The van der Waals surface area contributed by atoms with Gasteiger partial charge in [0.05, 0.1) is 17.0 Å². The van der Waals surface area contributed by atoms with E-state index in [0.29, 0.717) is 22.5 Å². The fourth-order valence-corrected chi connectivity index (χ4v) is 2.88. The van der Waals surface area contributed by atoms with Crippen molar-refractivity contribution in [2.24, 2.45) is 0 Å². The lowest BCUT2D eigenvalue weighted by molar-refractivity contribution is 0.475. The Bertz CT molecular complexity index is 1120. The van der Waals surface area contributed by atoms with Crippen molar-refractivity contribution in [1.82, 2.24) is 9.97 Å². The van der Waals surface area contributed by atoms with Gasteiger partial charge in [0.25, 0.3) is 0 Å². The summed E-state index contributed by atoms with van der Waals surface area (Å²) in [6, 6.07) is 16.3. The standard InChI is InChI=1S/C21H14F2N2O2/c22-14-6-9-17(18(23)11-14)21-24-19(12-4-7-15(26)8-5-12)20(25-21)13-2-1-3-16(27)10-13/h1-11,26-27H,(H,24,25). The Morgan fingerprint density at radius 1 is 0.778 bits per heavy atom. The summed E-state index contributed by atoms with van der Waals surface area (Å²) >= 11 is 0. The molecular formula is C21H14F2N2O2. The van der Waals surface area contributed by atoms with Crippen LogP contribution in [0.1, 0.15) is 0 Å². The van der Waals surface area contributed by atoms with Gasteiger partial charge in [-0.1, -0.05) is 12.1 Å². The summed E-state index contributed by atoms with van der Waals surface area (Å²) < 4.78 is 27.5. The molecule has 4 rings (SSSR count). The molecule has 4 aromatic rings. The Hall–Kier alpha value is -3.67. The molecule has 4 nitrogen and oxygen atoms in total. The van der Waals surface area contributed by atoms with Crippen molar-refractivity contribution in [3.63, 3.8) is 0 Å². The first-order chi connectivity index (χ1) is 13.0. The van der Waals surface area contributed by atoms with Crippen LogP contribution in [0.15, 0.2) is 66.7 Å². The quantitative estimate of drug-likeness (QED) is 0.474. The molecule has 3 N–H and O–H groups in total. The summed E-state index contributed by atoms with van der Waals surface area (Å²) in [7, 11) is 0. The summed E-state index contributed by atoms with van der Waals surface area (Å²) in [6.45, 7) is 0. The number of aromatic amines is 1. The predicted molar refractivity (Wildman–Crippen MR) is 98.1 cm³/mol. The topological polar surface area (TPSA) is 69.1 Å². The van der Waals surface area contributed by atoms with Gasteiger partial charge in [0.1, 0.15) is 29.0 Å². The second kappa shape index (κ2) is 6.57. The highest BCUT2D eigenvalue weighted by molar-refractivity contribution is 5.81. The highest BCUT2D eigenvalue weighted by Crippen LogP contribution is 2.35. The Labute approximate surface area is 153 Å². The minimum absolute atomic E-state index is 0.0710. The van der Waals surface area contributed by atoms with Crippen molar-refractivity contribution in [2.45, 2.75) is 0 Å². The third-order valence-corrected chi connectivity index (χ3v) is 4.17. The monoisotopic (exact) mass is 364 g/mol. The number of hydrogen-bond acceptors (Lipinski definition) is 3. The lowest BCUT2D eigenvalue weighted by Crippen LogP contribution is -1.88. The summed E-state index contributed by atoms with van der Waals surface area (Å²) in [5.74, 6) is -0.990.